The number of phenols is 1. The summed E-state index contributed by atoms with van der Waals surface area (Å²) in [5, 5.41) is 10.4. The van der Waals surface area contributed by atoms with Crippen LogP contribution in [0.25, 0.3) is 10.9 Å². The van der Waals surface area contributed by atoms with Crippen LogP contribution in [0.3, 0.4) is 0 Å². The highest BCUT2D eigenvalue weighted by Gasteiger charge is 2.04. The average molecular weight is 226 g/mol. The second-order valence-corrected chi connectivity index (χ2v) is 3.61. The molecular formula is C9H8BrNO. The van der Waals surface area contributed by atoms with E-state index in [1.54, 1.807) is 6.07 Å². The Morgan fingerprint density at radius 2 is 2.17 bits per heavy atom. The van der Waals surface area contributed by atoms with Crippen molar-refractivity contribution in [3.05, 3.63) is 28.4 Å². The minimum absolute atomic E-state index is 0.279. The number of aromatic amines is 1. The number of rotatable bonds is 0. The van der Waals surface area contributed by atoms with E-state index in [4.69, 9.17) is 0 Å². The van der Waals surface area contributed by atoms with Crippen molar-refractivity contribution in [1.29, 1.82) is 0 Å². The third-order valence-corrected chi connectivity index (χ3v) is 2.69. The molecule has 2 nitrogen and oxygen atoms in total. The number of benzene rings is 1. The molecule has 0 bridgehead atoms. The van der Waals surface area contributed by atoms with Crippen molar-refractivity contribution in [1.82, 2.24) is 4.98 Å². The Balaban J connectivity index is 2.89. The van der Waals surface area contributed by atoms with Gasteiger partial charge in [0.15, 0.2) is 0 Å². The number of aromatic nitrogens is 1. The molecule has 0 radical (unpaired) electrons. The summed E-state index contributed by atoms with van der Waals surface area (Å²) in [6.07, 6.45) is 0. The van der Waals surface area contributed by atoms with Crippen LogP contribution in [0.5, 0.6) is 5.75 Å². The molecule has 2 N–H and O–H groups in total. The number of hydrogen-bond acceptors (Lipinski definition) is 1. The van der Waals surface area contributed by atoms with Gasteiger partial charge in [0, 0.05) is 16.6 Å². The van der Waals surface area contributed by atoms with Gasteiger partial charge in [-0.2, -0.15) is 0 Å². The minimum atomic E-state index is 0.279. The second-order valence-electron chi connectivity index (χ2n) is 2.81. The predicted molar refractivity (Wildman–Crippen MR) is 52.4 cm³/mol. The van der Waals surface area contributed by atoms with Crippen LogP contribution in [0.2, 0.25) is 0 Å². The first kappa shape index (κ1) is 7.68. The van der Waals surface area contributed by atoms with Crippen LogP contribution < -0.4 is 0 Å². The maximum Gasteiger partial charge on any atom is 0.130 e. The van der Waals surface area contributed by atoms with Crippen molar-refractivity contribution in [3.63, 3.8) is 0 Å². The maximum atomic E-state index is 9.37. The molecule has 1 aromatic heterocycles. The van der Waals surface area contributed by atoms with E-state index < -0.39 is 0 Å². The van der Waals surface area contributed by atoms with Crippen LogP contribution in [0.1, 0.15) is 5.69 Å². The quantitative estimate of drug-likeness (QED) is 0.711. The average Bonchev–Trinajstić information content (AvgIpc) is 2.39. The number of nitrogens with one attached hydrogen (secondary N) is 1. The van der Waals surface area contributed by atoms with Crippen LogP contribution in [-0.2, 0) is 0 Å². The molecule has 3 heteroatoms. The zero-order valence-corrected chi connectivity index (χ0v) is 8.14. The van der Waals surface area contributed by atoms with Crippen LogP contribution in [0.4, 0.5) is 0 Å². The van der Waals surface area contributed by atoms with E-state index in [2.05, 4.69) is 20.9 Å². The number of halogens is 1. The number of aryl methyl sites for hydroxylation is 1. The highest BCUT2D eigenvalue weighted by molar-refractivity contribution is 9.10. The zero-order valence-electron chi connectivity index (χ0n) is 6.56. The molecule has 2 aromatic rings. The molecule has 1 aromatic carbocycles. The molecule has 0 atom stereocenters. The molecule has 62 valence electrons. The van der Waals surface area contributed by atoms with Gasteiger partial charge in [0.05, 0.1) is 4.47 Å². The second kappa shape index (κ2) is 2.52. The number of phenolic OH excluding ortho intramolecular Hbond substituents is 1. The first-order valence-electron chi connectivity index (χ1n) is 3.65. The largest absolute Gasteiger partial charge is 0.507 e. The van der Waals surface area contributed by atoms with Crippen LogP contribution >= 0.6 is 15.9 Å². The predicted octanol–water partition coefficient (Wildman–Crippen LogP) is 2.94. The van der Waals surface area contributed by atoms with E-state index in [0.717, 1.165) is 21.1 Å². The van der Waals surface area contributed by atoms with Gasteiger partial charge in [-0.15, -0.1) is 0 Å². The molecule has 0 saturated heterocycles. The highest BCUT2D eigenvalue weighted by atomic mass is 79.9. The molecule has 0 aliphatic rings. The van der Waals surface area contributed by atoms with Gasteiger partial charge in [-0.3, -0.25) is 0 Å². The smallest absolute Gasteiger partial charge is 0.130 e. The monoisotopic (exact) mass is 225 g/mol. The molecule has 12 heavy (non-hydrogen) atoms. The fourth-order valence-corrected chi connectivity index (χ4v) is 1.76. The summed E-state index contributed by atoms with van der Waals surface area (Å²) in [5.41, 5.74) is 2.13. The lowest BCUT2D eigenvalue weighted by atomic mass is 10.2. The Hall–Kier alpha value is -0.960. The number of H-pyrrole nitrogens is 1. The van der Waals surface area contributed by atoms with Crippen LogP contribution in [0, 0.1) is 6.92 Å². The van der Waals surface area contributed by atoms with E-state index >= 15 is 0 Å². The molecule has 0 saturated carbocycles. The lowest BCUT2D eigenvalue weighted by Crippen LogP contribution is -1.71. The normalized spacial score (nSPS) is 10.8. The third-order valence-electron chi connectivity index (χ3n) is 1.85. The van der Waals surface area contributed by atoms with Crippen molar-refractivity contribution in [2.75, 3.05) is 0 Å². The summed E-state index contributed by atoms with van der Waals surface area (Å²) >= 11 is 3.32. The van der Waals surface area contributed by atoms with Gasteiger partial charge in [-0.05, 0) is 41.1 Å². The van der Waals surface area contributed by atoms with Gasteiger partial charge in [-0.25, -0.2) is 0 Å². The SMILES string of the molecule is Cc1cc2c(Br)c(O)ccc2[nH]1. The Labute approximate surface area is 78.3 Å². The van der Waals surface area contributed by atoms with E-state index in [1.807, 2.05) is 19.1 Å². The third kappa shape index (κ3) is 1.01. The minimum Gasteiger partial charge on any atom is -0.507 e. The summed E-state index contributed by atoms with van der Waals surface area (Å²) in [6.45, 7) is 1.99. The summed E-state index contributed by atoms with van der Waals surface area (Å²) in [4.78, 5) is 3.19. The molecule has 1 heterocycles. The lowest BCUT2D eigenvalue weighted by molar-refractivity contribution is 0.473. The van der Waals surface area contributed by atoms with Crippen molar-refractivity contribution < 1.29 is 5.11 Å². The zero-order chi connectivity index (χ0) is 8.72. The fourth-order valence-electron chi connectivity index (χ4n) is 1.30. The summed E-state index contributed by atoms with van der Waals surface area (Å²) in [6, 6.07) is 5.53. The Morgan fingerprint density at radius 3 is 2.92 bits per heavy atom. The summed E-state index contributed by atoms with van der Waals surface area (Å²) < 4.78 is 0.754. The molecule has 0 spiro atoms. The molecule has 0 fully saturated rings. The van der Waals surface area contributed by atoms with E-state index in [0.29, 0.717) is 0 Å². The van der Waals surface area contributed by atoms with Crippen LogP contribution in [-0.4, -0.2) is 10.1 Å². The summed E-state index contributed by atoms with van der Waals surface area (Å²) in [7, 11) is 0. The maximum absolute atomic E-state index is 9.37. The van der Waals surface area contributed by atoms with Crippen molar-refractivity contribution >= 4 is 26.8 Å². The number of aromatic hydroxyl groups is 1. The molecule has 0 amide bonds. The van der Waals surface area contributed by atoms with Gasteiger partial charge in [0.2, 0.25) is 0 Å². The van der Waals surface area contributed by atoms with E-state index in [-0.39, 0.29) is 5.75 Å². The van der Waals surface area contributed by atoms with Crippen molar-refractivity contribution in [2.45, 2.75) is 6.92 Å². The molecule has 2 rings (SSSR count). The molecule has 0 aliphatic carbocycles. The summed E-state index contributed by atoms with van der Waals surface area (Å²) in [5.74, 6) is 0.279. The van der Waals surface area contributed by atoms with Gasteiger partial charge < -0.3 is 10.1 Å². The Morgan fingerprint density at radius 1 is 1.42 bits per heavy atom. The topological polar surface area (TPSA) is 36.0 Å². The van der Waals surface area contributed by atoms with Crippen molar-refractivity contribution in [3.8, 4) is 5.75 Å². The van der Waals surface area contributed by atoms with Gasteiger partial charge in [0.1, 0.15) is 5.75 Å². The first-order valence-corrected chi connectivity index (χ1v) is 4.44. The van der Waals surface area contributed by atoms with Crippen molar-refractivity contribution in [2.24, 2.45) is 0 Å². The van der Waals surface area contributed by atoms with Gasteiger partial charge in [0.25, 0.3) is 0 Å². The number of hydrogen-bond donors (Lipinski definition) is 2. The standard InChI is InChI=1S/C9H8BrNO/c1-5-4-6-7(11-5)2-3-8(12)9(6)10/h2-4,11-12H,1H3. The number of fused-ring (bicyclic) bond motifs is 1. The molecule has 0 unspecified atom stereocenters. The van der Waals surface area contributed by atoms with E-state index in [9.17, 15) is 5.11 Å². The fraction of sp³-hybridized carbons (Fsp3) is 0.111. The highest BCUT2D eigenvalue weighted by Crippen LogP contribution is 2.32. The van der Waals surface area contributed by atoms with Gasteiger partial charge in [-0.1, -0.05) is 0 Å². The van der Waals surface area contributed by atoms with Gasteiger partial charge >= 0.3 is 0 Å². The first-order chi connectivity index (χ1) is 5.68. The van der Waals surface area contributed by atoms with Crippen LogP contribution in [0.15, 0.2) is 22.7 Å². The Bertz CT molecular complexity index is 433. The van der Waals surface area contributed by atoms with E-state index in [1.165, 1.54) is 0 Å². The lowest BCUT2D eigenvalue weighted by Gasteiger charge is -1.96. The molecule has 0 aliphatic heterocycles. The Kier molecular flexibility index (Phi) is 1.61. The molecular weight excluding hydrogens is 218 g/mol.